The fourth-order valence-corrected chi connectivity index (χ4v) is 0.573. The molecule has 0 radical (unpaired) electrons. The molecule has 1 rings (SSSR count). The standard InChI is InChI=1S/C6H9NO2/c1-8-4-2-6-3-5-9-7-6/h3,5H,2,4H2,1H3. The summed E-state index contributed by atoms with van der Waals surface area (Å²) in [6, 6.07) is 1.83. The zero-order chi connectivity index (χ0) is 6.53. The number of hydrogen-bond donors (Lipinski definition) is 0. The van der Waals surface area contributed by atoms with Crippen LogP contribution in [0.4, 0.5) is 0 Å². The number of ether oxygens (including phenoxy) is 1. The Labute approximate surface area is 53.6 Å². The first-order valence-electron chi connectivity index (χ1n) is 2.81. The largest absolute Gasteiger partial charge is 0.384 e. The number of aromatic nitrogens is 1. The Kier molecular flexibility index (Phi) is 2.27. The van der Waals surface area contributed by atoms with Crippen molar-refractivity contribution in [3.63, 3.8) is 0 Å². The molecule has 0 fully saturated rings. The first kappa shape index (κ1) is 6.29. The molecule has 0 N–H and O–H groups in total. The fraction of sp³-hybridized carbons (Fsp3) is 0.500. The van der Waals surface area contributed by atoms with E-state index in [1.807, 2.05) is 6.07 Å². The van der Waals surface area contributed by atoms with Gasteiger partial charge >= 0.3 is 0 Å². The first-order chi connectivity index (χ1) is 4.43. The maximum atomic E-state index is 4.83. The lowest BCUT2D eigenvalue weighted by atomic mass is 10.3. The lowest BCUT2D eigenvalue weighted by Gasteiger charge is -1.90. The van der Waals surface area contributed by atoms with Crippen molar-refractivity contribution in [2.24, 2.45) is 0 Å². The van der Waals surface area contributed by atoms with Crippen molar-refractivity contribution in [3.8, 4) is 0 Å². The lowest BCUT2D eigenvalue weighted by Crippen LogP contribution is -1.93. The van der Waals surface area contributed by atoms with Crippen LogP contribution in [0.5, 0.6) is 0 Å². The molecule has 3 heteroatoms. The van der Waals surface area contributed by atoms with Gasteiger partial charge in [-0.2, -0.15) is 0 Å². The van der Waals surface area contributed by atoms with Crippen LogP contribution in [0.3, 0.4) is 0 Å². The number of nitrogens with zero attached hydrogens (tertiary/aromatic N) is 1. The quantitative estimate of drug-likeness (QED) is 0.604. The Bertz CT molecular complexity index is 148. The van der Waals surface area contributed by atoms with Crippen LogP contribution in [0.25, 0.3) is 0 Å². The molecule has 1 aromatic rings. The summed E-state index contributed by atoms with van der Waals surface area (Å²) in [5.41, 5.74) is 0.942. The number of rotatable bonds is 3. The highest BCUT2D eigenvalue weighted by atomic mass is 16.5. The average Bonchev–Trinajstić information content (AvgIpc) is 2.34. The van der Waals surface area contributed by atoms with Gasteiger partial charge in [-0.05, 0) is 0 Å². The van der Waals surface area contributed by atoms with E-state index in [1.165, 1.54) is 0 Å². The Balaban J connectivity index is 2.30. The summed E-state index contributed by atoms with van der Waals surface area (Å²) in [6.07, 6.45) is 2.39. The fourth-order valence-electron chi connectivity index (χ4n) is 0.573. The molecule has 9 heavy (non-hydrogen) atoms. The van der Waals surface area contributed by atoms with E-state index in [4.69, 9.17) is 4.74 Å². The minimum absolute atomic E-state index is 0.701. The van der Waals surface area contributed by atoms with E-state index in [0.717, 1.165) is 12.1 Å². The minimum atomic E-state index is 0.701. The van der Waals surface area contributed by atoms with E-state index in [2.05, 4.69) is 9.68 Å². The van der Waals surface area contributed by atoms with Gasteiger partial charge in [-0.25, -0.2) is 0 Å². The highest BCUT2D eigenvalue weighted by molar-refractivity contribution is 4.94. The second kappa shape index (κ2) is 3.25. The van der Waals surface area contributed by atoms with E-state index < -0.39 is 0 Å². The molecule has 0 saturated carbocycles. The van der Waals surface area contributed by atoms with Crippen molar-refractivity contribution in [1.82, 2.24) is 5.16 Å². The van der Waals surface area contributed by atoms with E-state index in [0.29, 0.717) is 6.61 Å². The van der Waals surface area contributed by atoms with Gasteiger partial charge in [-0.1, -0.05) is 5.16 Å². The molecule has 0 aliphatic heterocycles. The predicted octanol–water partition coefficient (Wildman–Crippen LogP) is 0.864. The molecule has 0 atom stereocenters. The van der Waals surface area contributed by atoms with Gasteiger partial charge in [0.2, 0.25) is 0 Å². The molecular formula is C6H9NO2. The second-order valence-electron chi connectivity index (χ2n) is 1.73. The summed E-state index contributed by atoms with van der Waals surface area (Å²) in [5.74, 6) is 0. The maximum Gasteiger partial charge on any atom is 0.124 e. The smallest absolute Gasteiger partial charge is 0.124 e. The molecule has 0 aliphatic carbocycles. The monoisotopic (exact) mass is 127 g/mol. The molecule has 0 unspecified atom stereocenters. The summed E-state index contributed by atoms with van der Waals surface area (Å²) in [6.45, 7) is 0.701. The highest BCUT2D eigenvalue weighted by Gasteiger charge is 1.92. The third-order valence-corrected chi connectivity index (χ3v) is 1.05. The Morgan fingerprint density at radius 2 is 2.67 bits per heavy atom. The summed E-state index contributed by atoms with van der Waals surface area (Å²) in [4.78, 5) is 0. The van der Waals surface area contributed by atoms with Crippen LogP contribution in [0.1, 0.15) is 5.69 Å². The van der Waals surface area contributed by atoms with E-state index in [1.54, 1.807) is 13.4 Å². The normalized spacial score (nSPS) is 9.89. The van der Waals surface area contributed by atoms with Gasteiger partial charge in [0.1, 0.15) is 6.26 Å². The Hall–Kier alpha value is -0.830. The molecule has 1 heterocycles. The van der Waals surface area contributed by atoms with Crippen molar-refractivity contribution < 1.29 is 9.26 Å². The highest BCUT2D eigenvalue weighted by Crippen LogP contribution is 1.94. The van der Waals surface area contributed by atoms with Crippen LogP contribution in [0.15, 0.2) is 16.9 Å². The molecule has 3 nitrogen and oxygen atoms in total. The van der Waals surface area contributed by atoms with E-state index in [9.17, 15) is 0 Å². The number of methoxy groups -OCH3 is 1. The van der Waals surface area contributed by atoms with Gasteiger partial charge in [0.05, 0.1) is 12.3 Å². The van der Waals surface area contributed by atoms with Gasteiger partial charge in [-0.3, -0.25) is 0 Å². The van der Waals surface area contributed by atoms with Crippen molar-refractivity contribution in [2.75, 3.05) is 13.7 Å². The molecule has 0 amide bonds. The maximum absolute atomic E-state index is 4.83. The van der Waals surface area contributed by atoms with Crippen molar-refractivity contribution >= 4 is 0 Å². The topological polar surface area (TPSA) is 35.3 Å². The van der Waals surface area contributed by atoms with E-state index in [-0.39, 0.29) is 0 Å². The SMILES string of the molecule is COCCc1ccon1. The third-order valence-electron chi connectivity index (χ3n) is 1.05. The Morgan fingerprint density at radius 1 is 1.78 bits per heavy atom. The molecule has 0 bridgehead atoms. The first-order valence-corrected chi connectivity index (χ1v) is 2.81. The average molecular weight is 127 g/mol. The van der Waals surface area contributed by atoms with Gasteiger partial charge in [0.25, 0.3) is 0 Å². The number of hydrogen-bond acceptors (Lipinski definition) is 3. The van der Waals surface area contributed by atoms with Crippen LogP contribution >= 0.6 is 0 Å². The molecule has 0 aromatic carbocycles. The summed E-state index contributed by atoms with van der Waals surface area (Å²) in [5, 5.41) is 3.70. The zero-order valence-electron chi connectivity index (χ0n) is 5.33. The molecular weight excluding hydrogens is 118 g/mol. The second-order valence-corrected chi connectivity index (χ2v) is 1.73. The van der Waals surface area contributed by atoms with Crippen molar-refractivity contribution in [3.05, 3.63) is 18.0 Å². The van der Waals surface area contributed by atoms with Crippen LogP contribution in [-0.2, 0) is 11.2 Å². The summed E-state index contributed by atoms with van der Waals surface area (Å²) >= 11 is 0. The van der Waals surface area contributed by atoms with Crippen LogP contribution in [-0.4, -0.2) is 18.9 Å². The van der Waals surface area contributed by atoms with E-state index >= 15 is 0 Å². The van der Waals surface area contributed by atoms with Gasteiger partial charge in [-0.15, -0.1) is 0 Å². The van der Waals surface area contributed by atoms with Crippen LogP contribution in [0, 0.1) is 0 Å². The van der Waals surface area contributed by atoms with Crippen LogP contribution in [0.2, 0.25) is 0 Å². The molecule has 0 saturated heterocycles. The molecule has 1 aromatic heterocycles. The third kappa shape index (κ3) is 1.85. The summed E-state index contributed by atoms with van der Waals surface area (Å²) < 4.78 is 9.44. The lowest BCUT2D eigenvalue weighted by molar-refractivity contribution is 0.200. The van der Waals surface area contributed by atoms with Gasteiger partial charge in [0.15, 0.2) is 0 Å². The summed E-state index contributed by atoms with van der Waals surface area (Å²) in [7, 11) is 1.67. The zero-order valence-corrected chi connectivity index (χ0v) is 5.33. The Morgan fingerprint density at radius 3 is 3.22 bits per heavy atom. The molecule has 50 valence electrons. The minimum Gasteiger partial charge on any atom is -0.384 e. The van der Waals surface area contributed by atoms with Crippen molar-refractivity contribution in [2.45, 2.75) is 6.42 Å². The molecule has 0 aliphatic rings. The van der Waals surface area contributed by atoms with Crippen LogP contribution < -0.4 is 0 Å². The van der Waals surface area contributed by atoms with Gasteiger partial charge < -0.3 is 9.26 Å². The van der Waals surface area contributed by atoms with Gasteiger partial charge in [0, 0.05) is 19.6 Å². The van der Waals surface area contributed by atoms with Crippen molar-refractivity contribution in [1.29, 1.82) is 0 Å². The molecule has 0 spiro atoms. The predicted molar refractivity (Wildman–Crippen MR) is 32.1 cm³/mol.